The van der Waals surface area contributed by atoms with Crippen LogP contribution in [0, 0.1) is 5.82 Å². The van der Waals surface area contributed by atoms with Gasteiger partial charge in [-0.2, -0.15) is 5.10 Å². The Labute approximate surface area is 262 Å². The molecule has 5 rings (SSSR count). The number of methoxy groups -OCH3 is 3. The average molecular weight is 620 g/mol. The van der Waals surface area contributed by atoms with E-state index in [4.69, 9.17) is 24.0 Å². The van der Waals surface area contributed by atoms with Gasteiger partial charge in [0.2, 0.25) is 0 Å². The van der Waals surface area contributed by atoms with Gasteiger partial charge in [0, 0.05) is 44.2 Å². The van der Waals surface area contributed by atoms with Crippen molar-refractivity contribution in [1.82, 2.24) is 14.8 Å². The number of anilines is 1. The number of hydrazone groups is 1. The quantitative estimate of drug-likeness (QED) is 0.339. The first kappa shape index (κ1) is 31.7. The number of rotatable bonds is 11. The zero-order chi connectivity index (χ0) is 31.8. The molecule has 1 saturated heterocycles. The van der Waals surface area contributed by atoms with Crippen molar-refractivity contribution in [1.29, 1.82) is 0 Å². The number of carbonyl (C=O) groups is 2. The third-order valence-corrected chi connectivity index (χ3v) is 7.89. The fraction of sp³-hybridized carbons (Fsp3) is 0.364. The van der Waals surface area contributed by atoms with Gasteiger partial charge < -0.3 is 29.2 Å². The van der Waals surface area contributed by atoms with Gasteiger partial charge in [0.15, 0.2) is 0 Å². The first-order valence-corrected chi connectivity index (χ1v) is 14.8. The van der Waals surface area contributed by atoms with Gasteiger partial charge in [-0.3, -0.25) is 9.69 Å². The second kappa shape index (κ2) is 14.9. The van der Waals surface area contributed by atoms with Crippen LogP contribution < -0.4 is 19.5 Å². The van der Waals surface area contributed by atoms with E-state index in [2.05, 4.69) is 10.2 Å². The molecule has 1 unspecified atom stereocenters. The number of ether oxygens (including phenoxy) is 4. The van der Waals surface area contributed by atoms with Crippen LogP contribution in [0.15, 0.2) is 71.8 Å². The first-order valence-electron chi connectivity index (χ1n) is 14.8. The van der Waals surface area contributed by atoms with E-state index in [1.807, 2.05) is 12.1 Å². The Hall–Kier alpha value is -4.68. The van der Waals surface area contributed by atoms with E-state index in [0.717, 1.165) is 13.1 Å². The summed E-state index contributed by atoms with van der Waals surface area (Å²) in [6.45, 7) is 3.34. The monoisotopic (exact) mass is 619 g/mol. The summed E-state index contributed by atoms with van der Waals surface area (Å²) in [5.74, 6) is 0.903. The van der Waals surface area contributed by atoms with E-state index in [0.29, 0.717) is 72.5 Å². The van der Waals surface area contributed by atoms with E-state index in [9.17, 15) is 14.0 Å². The van der Waals surface area contributed by atoms with Gasteiger partial charge in [-0.15, -0.1) is 0 Å². The molecule has 45 heavy (non-hydrogen) atoms. The molecule has 0 saturated carbocycles. The Morgan fingerprint density at radius 2 is 1.71 bits per heavy atom. The average Bonchev–Trinajstić information content (AvgIpc) is 3.52. The third kappa shape index (κ3) is 7.70. The number of para-hydroxylation sites is 2. The topological polar surface area (TPSA) is 105 Å². The molecular weight excluding hydrogens is 581 g/mol. The van der Waals surface area contributed by atoms with Crippen LogP contribution in [0.5, 0.6) is 17.2 Å². The lowest BCUT2D eigenvalue weighted by atomic mass is 9.97. The highest BCUT2D eigenvalue weighted by Crippen LogP contribution is 2.36. The number of hydrogen-bond acceptors (Lipinski definition) is 8. The Kier molecular flexibility index (Phi) is 10.5. The maximum absolute atomic E-state index is 14.1. The first-order chi connectivity index (χ1) is 21.9. The molecule has 238 valence electrons. The molecule has 0 radical (unpaired) electrons. The van der Waals surface area contributed by atoms with Crippen LogP contribution in [0.3, 0.4) is 0 Å². The molecule has 1 atom stereocenters. The van der Waals surface area contributed by atoms with Crippen molar-refractivity contribution in [3.8, 4) is 17.2 Å². The predicted octanol–water partition coefficient (Wildman–Crippen LogP) is 4.40. The highest BCUT2D eigenvalue weighted by molar-refractivity contribution is 6.05. The number of amides is 3. The van der Waals surface area contributed by atoms with E-state index in [1.165, 1.54) is 29.2 Å². The number of urea groups is 1. The zero-order valence-corrected chi connectivity index (χ0v) is 25.7. The molecule has 1 fully saturated rings. The van der Waals surface area contributed by atoms with Gasteiger partial charge in [-0.25, -0.2) is 14.2 Å². The highest BCUT2D eigenvalue weighted by atomic mass is 19.1. The molecule has 1 N–H and O–H groups in total. The van der Waals surface area contributed by atoms with Crippen molar-refractivity contribution in [3.05, 3.63) is 83.7 Å². The maximum atomic E-state index is 14.1. The molecule has 2 aliphatic heterocycles. The van der Waals surface area contributed by atoms with Gasteiger partial charge >= 0.3 is 6.03 Å². The molecule has 3 aromatic rings. The van der Waals surface area contributed by atoms with E-state index < -0.39 is 12.1 Å². The van der Waals surface area contributed by atoms with Crippen molar-refractivity contribution < 1.29 is 32.9 Å². The molecule has 11 nitrogen and oxygen atoms in total. The van der Waals surface area contributed by atoms with Gasteiger partial charge in [0.05, 0.1) is 52.0 Å². The van der Waals surface area contributed by atoms with Gasteiger partial charge in [-0.05, 0) is 42.0 Å². The van der Waals surface area contributed by atoms with Gasteiger partial charge in [0.1, 0.15) is 29.6 Å². The Morgan fingerprint density at radius 3 is 2.42 bits per heavy atom. The summed E-state index contributed by atoms with van der Waals surface area (Å²) in [4.78, 5) is 31.4. The van der Waals surface area contributed by atoms with Crippen LogP contribution >= 0.6 is 0 Å². The summed E-state index contributed by atoms with van der Waals surface area (Å²) in [5.41, 5.74) is 2.54. The second-order valence-electron chi connectivity index (χ2n) is 10.6. The Bertz CT molecular complexity index is 1510. The number of halogens is 1. The van der Waals surface area contributed by atoms with Crippen LogP contribution in [0.25, 0.3) is 0 Å². The minimum atomic E-state index is -0.515. The van der Waals surface area contributed by atoms with Gasteiger partial charge in [-0.1, -0.05) is 24.3 Å². The standard InChI is InChI=1S/C33H38FN5O6/c1-42-25-12-13-26(31(20-25)44-3)28-21-29(23-8-10-24(34)11-9-23)39(36-28)32(40)22-38(15-14-37-16-18-45-19-17-37)33(41)35-27-6-4-5-7-30(27)43-2/h4-13,20,29H,14-19,21-22H2,1-3H3,(H,35,41). The van der Waals surface area contributed by atoms with Crippen molar-refractivity contribution in [2.24, 2.45) is 5.10 Å². The molecule has 3 amide bonds. The van der Waals surface area contributed by atoms with Crippen molar-refractivity contribution in [2.45, 2.75) is 12.5 Å². The SMILES string of the molecule is COc1ccc(C2=NN(C(=O)CN(CCN3CCOCC3)C(=O)Nc3ccccc3OC)C(c3ccc(F)cc3)C2)c(OC)c1. The normalized spacial score (nSPS) is 16.6. The maximum Gasteiger partial charge on any atom is 0.322 e. The second-order valence-corrected chi connectivity index (χ2v) is 10.6. The molecular formula is C33H38FN5O6. The lowest BCUT2D eigenvalue weighted by Crippen LogP contribution is -2.47. The van der Waals surface area contributed by atoms with Crippen LogP contribution in [-0.2, 0) is 9.53 Å². The van der Waals surface area contributed by atoms with E-state index in [-0.39, 0.29) is 18.3 Å². The highest BCUT2D eigenvalue weighted by Gasteiger charge is 2.35. The summed E-state index contributed by atoms with van der Waals surface area (Å²) in [6, 6.07) is 17.5. The fourth-order valence-corrected chi connectivity index (χ4v) is 5.40. The molecule has 0 aromatic heterocycles. The summed E-state index contributed by atoms with van der Waals surface area (Å²) in [6.07, 6.45) is 0.362. The molecule has 0 spiro atoms. The van der Waals surface area contributed by atoms with Crippen molar-refractivity contribution in [2.75, 3.05) is 72.6 Å². The molecule has 0 aliphatic carbocycles. The number of nitrogens with one attached hydrogen (secondary N) is 1. The van der Waals surface area contributed by atoms with Crippen molar-refractivity contribution >= 4 is 23.3 Å². The number of carbonyl (C=O) groups excluding carboxylic acids is 2. The molecule has 12 heteroatoms. The number of hydrogen-bond donors (Lipinski definition) is 1. The van der Waals surface area contributed by atoms with Crippen molar-refractivity contribution in [3.63, 3.8) is 0 Å². The summed E-state index contributed by atoms with van der Waals surface area (Å²) >= 11 is 0. The van der Waals surface area contributed by atoms with E-state index >= 15 is 0 Å². The van der Waals surface area contributed by atoms with Crippen LogP contribution in [-0.4, -0.2) is 99.7 Å². The van der Waals surface area contributed by atoms with Crippen LogP contribution in [0.2, 0.25) is 0 Å². The lowest BCUT2D eigenvalue weighted by molar-refractivity contribution is -0.133. The summed E-state index contributed by atoms with van der Waals surface area (Å²) in [7, 11) is 4.66. The number of morpholine rings is 1. The number of nitrogens with zero attached hydrogens (tertiary/aromatic N) is 4. The molecule has 0 bridgehead atoms. The fourth-order valence-electron chi connectivity index (χ4n) is 5.40. The predicted molar refractivity (Wildman–Crippen MR) is 168 cm³/mol. The Balaban J connectivity index is 1.43. The Morgan fingerprint density at radius 1 is 0.978 bits per heavy atom. The van der Waals surface area contributed by atoms with Gasteiger partial charge in [0.25, 0.3) is 5.91 Å². The largest absolute Gasteiger partial charge is 0.497 e. The minimum Gasteiger partial charge on any atom is -0.497 e. The van der Waals surface area contributed by atoms with Crippen LogP contribution in [0.4, 0.5) is 14.9 Å². The van der Waals surface area contributed by atoms with Crippen LogP contribution in [0.1, 0.15) is 23.6 Å². The third-order valence-electron chi connectivity index (χ3n) is 7.89. The molecule has 2 aliphatic rings. The number of benzene rings is 3. The summed E-state index contributed by atoms with van der Waals surface area (Å²) < 4.78 is 35.7. The summed E-state index contributed by atoms with van der Waals surface area (Å²) in [5, 5.41) is 9.05. The van der Waals surface area contributed by atoms with E-state index in [1.54, 1.807) is 56.7 Å². The lowest BCUT2D eigenvalue weighted by Gasteiger charge is -2.31. The molecule has 2 heterocycles. The minimum absolute atomic E-state index is 0.237. The smallest absolute Gasteiger partial charge is 0.322 e. The zero-order valence-electron chi connectivity index (χ0n) is 25.7. The molecule has 3 aromatic carbocycles.